The second kappa shape index (κ2) is 8.11. The van der Waals surface area contributed by atoms with Crippen molar-refractivity contribution in [2.24, 2.45) is 5.92 Å². The van der Waals surface area contributed by atoms with Gasteiger partial charge in [-0.1, -0.05) is 6.92 Å². The van der Waals surface area contributed by atoms with Crippen LogP contribution in [0.25, 0.3) is 0 Å². The van der Waals surface area contributed by atoms with E-state index < -0.39 is 27.6 Å². The molecule has 1 aliphatic heterocycles. The molecule has 30 heavy (non-hydrogen) atoms. The molecule has 1 fully saturated rings. The number of hydrogen-bond donors (Lipinski definition) is 2. The maximum absolute atomic E-state index is 13.2. The van der Waals surface area contributed by atoms with E-state index in [9.17, 15) is 22.4 Å². The first-order valence-electron chi connectivity index (χ1n) is 9.94. The van der Waals surface area contributed by atoms with E-state index in [-0.39, 0.29) is 17.4 Å². The van der Waals surface area contributed by atoms with Gasteiger partial charge in [0.15, 0.2) is 9.84 Å². The number of sulfone groups is 1. The van der Waals surface area contributed by atoms with Crippen molar-refractivity contribution in [3.63, 3.8) is 0 Å². The average Bonchev–Trinajstić information content (AvgIpc) is 3.20. The Balaban J connectivity index is 1.62. The summed E-state index contributed by atoms with van der Waals surface area (Å²) in [6, 6.07) is 4.79. The molecule has 2 amide bonds. The van der Waals surface area contributed by atoms with Crippen LogP contribution in [-0.2, 0) is 22.7 Å². The number of anilines is 1. The summed E-state index contributed by atoms with van der Waals surface area (Å²) in [5.74, 6) is -0.686. The molecule has 6 nitrogen and oxygen atoms in total. The lowest BCUT2D eigenvalue weighted by Gasteiger charge is -2.19. The lowest BCUT2D eigenvalue weighted by molar-refractivity contribution is 0.0941. The number of hydrogen-bond acceptors (Lipinski definition) is 5. The molecule has 0 radical (unpaired) electrons. The van der Waals surface area contributed by atoms with Crippen LogP contribution in [0.4, 0.5) is 9.39 Å². The average molecular weight is 451 g/mol. The number of carbonyl (C=O) groups is 2. The van der Waals surface area contributed by atoms with E-state index in [1.165, 1.54) is 35.6 Å². The molecule has 9 heteroatoms. The van der Waals surface area contributed by atoms with E-state index in [1.54, 1.807) is 0 Å². The molecule has 4 rings (SSSR count). The second-order valence-corrected chi connectivity index (χ2v) is 11.4. The number of halogens is 1. The summed E-state index contributed by atoms with van der Waals surface area (Å²) in [6.45, 7) is 2.16. The van der Waals surface area contributed by atoms with Crippen LogP contribution in [0.5, 0.6) is 0 Å². The highest BCUT2D eigenvalue weighted by molar-refractivity contribution is 7.91. The zero-order valence-corrected chi connectivity index (χ0v) is 18.2. The van der Waals surface area contributed by atoms with Crippen molar-refractivity contribution >= 4 is 38.0 Å². The van der Waals surface area contributed by atoms with Crippen molar-refractivity contribution in [2.75, 3.05) is 16.8 Å². The summed E-state index contributed by atoms with van der Waals surface area (Å²) in [4.78, 5) is 26.9. The van der Waals surface area contributed by atoms with Crippen molar-refractivity contribution in [1.82, 2.24) is 5.32 Å². The first kappa shape index (κ1) is 21.0. The van der Waals surface area contributed by atoms with E-state index in [0.29, 0.717) is 28.5 Å². The Morgan fingerprint density at radius 1 is 1.13 bits per heavy atom. The molecule has 2 aromatic rings. The minimum absolute atomic E-state index is 0.0562. The van der Waals surface area contributed by atoms with Gasteiger partial charge in [-0.15, -0.1) is 11.3 Å². The molecule has 2 heterocycles. The topological polar surface area (TPSA) is 92.3 Å². The van der Waals surface area contributed by atoms with E-state index in [0.717, 1.165) is 29.7 Å². The Morgan fingerprint density at radius 3 is 2.53 bits per heavy atom. The maximum Gasteiger partial charge on any atom is 0.256 e. The Morgan fingerprint density at radius 2 is 1.87 bits per heavy atom. The van der Waals surface area contributed by atoms with Gasteiger partial charge in [0.25, 0.3) is 11.8 Å². The molecule has 2 aliphatic rings. The summed E-state index contributed by atoms with van der Waals surface area (Å²) in [5.41, 5.74) is 1.66. The lowest BCUT2D eigenvalue weighted by atomic mass is 9.88. The van der Waals surface area contributed by atoms with Crippen LogP contribution in [-0.4, -0.2) is 37.8 Å². The molecule has 2 N–H and O–H groups in total. The molecule has 0 unspecified atom stereocenters. The highest BCUT2D eigenvalue weighted by Crippen LogP contribution is 2.40. The zero-order valence-electron chi connectivity index (χ0n) is 16.5. The number of carbonyl (C=O) groups excluding carboxylic acids is 2. The SMILES string of the molecule is C[C@@H]1CCc2c(sc(NC(=O)c3ccc(F)cc3)c2C(=O)N[C@@H]2CCS(=O)(=O)C2)C1. The summed E-state index contributed by atoms with van der Waals surface area (Å²) >= 11 is 1.39. The molecule has 1 aromatic heterocycles. The van der Waals surface area contributed by atoms with Gasteiger partial charge in [-0.3, -0.25) is 9.59 Å². The minimum atomic E-state index is -3.12. The van der Waals surface area contributed by atoms with Gasteiger partial charge in [0.05, 0.1) is 17.1 Å². The van der Waals surface area contributed by atoms with Gasteiger partial charge in [0.2, 0.25) is 0 Å². The highest BCUT2D eigenvalue weighted by Gasteiger charge is 2.33. The van der Waals surface area contributed by atoms with Gasteiger partial charge in [-0.25, -0.2) is 12.8 Å². The first-order chi connectivity index (χ1) is 14.2. The van der Waals surface area contributed by atoms with Crippen LogP contribution in [0.2, 0.25) is 0 Å². The molecule has 1 saturated heterocycles. The fraction of sp³-hybridized carbons (Fsp3) is 0.429. The largest absolute Gasteiger partial charge is 0.348 e. The van der Waals surface area contributed by atoms with Gasteiger partial charge < -0.3 is 10.6 Å². The fourth-order valence-corrected chi connectivity index (χ4v) is 7.10. The molecule has 0 bridgehead atoms. The normalized spacial score (nSPS) is 22.3. The minimum Gasteiger partial charge on any atom is -0.348 e. The van der Waals surface area contributed by atoms with Gasteiger partial charge in [-0.2, -0.15) is 0 Å². The summed E-state index contributed by atoms with van der Waals surface area (Å²) in [6.07, 6.45) is 2.93. The smallest absolute Gasteiger partial charge is 0.256 e. The first-order valence-corrected chi connectivity index (χ1v) is 12.6. The predicted octanol–water partition coefficient (Wildman–Crippen LogP) is 3.18. The fourth-order valence-electron chi connectivity index (χ4n) is 4.02. The molecular weight excluding hydrogens is 427 g/mol. The predicted molar refractivity (Wildman–Crippen MR) is 114 cm³/mol. The van der Waals surface area contributed by atoms with Crippen LogP contribution >= 0.6 is 11.3 Å². The maximum atomic E-state index is 13.2. The van der Waals surface area contributed by atoms with Crippen LogP contribution in [0.3, 0.4) is 0 Å². The Kier molecular flexibility index (Phi) is 5.67. The Labute approximate surface area is 178 Å². The third kappa shape index (κ3) is 4.41. The van der Waals surface area contributed by atoms with Crippen LogP contribution < -0.4 is 10.6 Å². The zero-order chi connectivity index (χ0) is 21.5. The van der Waals surface area contributed by atoms with Crippen molar-refractivity contribution in [3.05, 3.63) is 51.7 Å². The Bertz CT molecular complexity index is 1090. The second-order valence-electron chi connectivity index (χ2n) is 8.09. The Hall–Kier alpha value is -2.26. The van der Waals surface area contributed by atoms with Gasteiger partial charge in [0.1, 0.15) is 10.8 Å². The number of fused-ring (bicyclic) bond motifs is 1. The molecule has 1 aliphatic carbocycles. The van der Waals surface area contributed by atoms with Crippen LogP contribution in [0.15, 0.2) is 24.3 Å². The molecule has 0 spiro atoms. The molecule has 1 aromatic carbocycles. The van der Waals surface area contributed by atoms with Crippen LogP contribution in [0.1, 0.15) is 50.9 Å². The lowest BCUT2D eigenvalue weighted by Crippen LogP contribution is -2.36. The van der Waals surface area contributed by atoms with E-state index in [2.05, 4.69) is 17.6 Å². The molecule has 160 valence electrons. The quantitative estimate of drug-likeness (QED) is 0.748. The number of thiophene rings is 1. The number of rotatable bonds is 4. The number of benzene rings is 1. The van der Waals surface area contributed by atoms with Crippen molar-refractivity contribution in [3.8, 4) is 0 Å². The molecular formula is C21H23FN2O4S2. The van der Waals surface area contributed by atoms with E-state index in [1.807, 2.05) is 0 Å². The van der Waals surface area contributed by atoms with Gasteiger partial charge in [-0.05, 0) is 61.4 Å². The molecule has 2 atom stereocenters. The van der Waals surface area contributed by atoms with Gasteiger partial charge >= 0.3 is 0 Å². The number of nitrogens with one attached hydrogen (secondary N) is 2. The standard InChI is InChI=1S/C21H23FN2O4S2/c1-12-2-7-16-17(10-12)29-21(24-19(25)13-3-5-14(22)6-4-13)18(16)20(26)23-15-8-9-30(27,28)11-15/h3-6,12,15H,2,7-11H2,1H3,(H,23,26)(H,24,25)/t12-,15-/m1/s1. The summed E-state index contributed by atoms with van der Waals surface area (Å²) < 4.78 is 36.6. The molecule has 0 saturated carbocycles. The van der Waals surface area contributed by atoms with Crippen molar-refractivity contribution < 1.29 is 22.4 Å². The van der Waals surface area contributed by atoms with Crippen molar-refractivity contribution in [2.45, 2.75) is 38.6 Å². The third-order valence-electron chi connectivity index (χ3n) is 5.64. The van der Waals surface area contributed by atoms with Gasteiger partial charge in [0, 0.05) is 16.5 Å². The highest BCUT2D eigenvalue weighted by atomic mass is 32.2. The monoisotopic (exact) mass is 450 g/mol. The van der Waals surface area contributed by atoms with E-state index in [4.69, 9.17) is 0 Å². The van der Waals surface area contributed by atoms with Crippen LogP contribution in [0, 0.1) is 11.7 Å². The van der Waals surface area contributed by atoms with E-state index >= 15 is 0 Å². The van der Waals surface area contributed by atoms with Crippen molar-refractivity contribution in [1.29, 1.82) is 0 Å². The summed E-state index contributed by atoms with van der Waals surface area (Å²) in [5, 5.41) is 6.13. The summed E-state index contributed by atoms with van der Waals surface area (Å²) in [7, 11) is -3.12. The third-order valence-corrected chi connectivity index (χ3v) is 8.58. The number of amides is 2.